The highest BCUT2D eigenvalue weighted by molar-refractivity contribution is 5.82. The van der Waals surface area contributed by atoms with Crippen LogP contribution in [0.15, 0.2) is 0 Å². The van der Waals surface area contributed by atoms with Crippen molar-refractivity contribution in [1.82, 2.24) is 14.7 Å². The second kappa shape index (κ2) is 7.08. The predicted molar refractivity (Wildman–Crippen MR) is 89.3 cm³/mol. The van der Waals surface area contributed by atoms with Crippen molar-refractivity contribution in [2.75, 3.05) is 52.4 Å². The van der Waals surface area contributed by atoms with Gasteiger partial charge in [-0.3, -0.25) is 14.6 Å². The summed E-state index contributed by atoms with van der Waals surface area (Å²) in [5.41, 5.74) is 0. The zero-order chi connectivity index (χ0) is 15.6. The third-order valence-corrected chi connectivity index (χ3v) is 6.36. The summed E-state index contributed by atoms with van der Waals surface area (Å²) in [5, 5.41) is 0. The van der Waals surface area contributed by atoms with Crippen LogP contribution in [0.3, 0.4) is 0 Å². The molecular weight excluding hydrogens is 290 g/mol. The van der Waals surface area contributed by atoms with Crippen LogP contribution in [0.25, 0.3) is 0 Å². The van der Waals surface area contributed by atoms with Gasteiger partial charge in [-0.15, -0.1) is 0 Å². The van der Waals surface area contributed by atoms with Crippen molar-refractivity contribution in [3.8, 4) is 0 Å². The molecule has 0 radical (unpaired) electrons. The molecular formula is C18H31N3O2. The van der Waals surface area contributed by atoms with Crippen molar-refractivity contribution in [3.63, 3.8) is 0 Å². The summed E-state index contributed by atoms with van der Waals surface area (Å²) >= 11 is 0. The van der Waals surface area contributed by atoms with Crippen LogP contribution in [0.5, 0.6) is 0 Å². The number of nitrogens with zero attached hydrogens (tertiary/aromatic N) is 3. The molecule has 130 valence electrons. The normalized spacial score (nSPS) is 39.2. The Morgan fingerprint density at radius 3 is 2.61 bits per heavy atom. The fourth-order valence-corrected chi connectivity index (χ4v) is 4.96. The third-order valence-electron chi connectivity index (χ3n) is 6.36. The lowest BCUT2D eigenvalue weighted by atomic mass is 9.84. The van der Waals surface area contributed by atoms with Gasteiger partial charge in [0, 0.05) is 39.3 Å². The van der Waals surface area contributed by atoms with Crippen LogP contribution in [0.2, 0.25) is 0 Å². The lowest BCUT2D eigenvalue weighted by Crippen LogP contribution is -2.60. The molecule has 1 saturated carbocycles. The second-order valence-corrected chi connectivity index (χ2v) is 7.80. The standard InChI is InChI=1S/C18H31N3O2/c22-18(16-13-19-7-4-8-20(16)10-9-19)21-11-12-23-17(14-21)15-5-2-1-3-6-15/h15-17H,1-14H2/t16-,17+/m1/s1. The number of amides is 1. The molecule has 4 aliphatic heterocycles. The Hall–Kier alpha value is -0.650. The van der Waals surface area contributed by atoms with Crippen molar-refractivity contribution in [1.29, 1.82) is 0 Å². The molecule has 2 unspecified atom stereocenters. The zero-order valence-corrected chi connectivity index (χ0v) is 14.3. The molecule has 5 nitrogen and oxygen atoms in total. The topological polar surface area (TPSA) is 36.0 Å². The molecule has 2 bridgehead atoms. The largest absolute Gasteiger partial charge is 0.374 e. The molecule has 0 spiro atoms. The highest BCUT2D eigenvalue weighted by Gasteiger charge is 2.39. The molecule has 0 aromatic rings. The van der Waals surface area contributed by atoms with Gasteiger partial charge in [0.1, 0.15) is 6.04 Å². The average molecular weight is 321 g/mol. The molecule has 0 aromatic carbocycles. The molecule has 0 aromatic heterocycles. The van der Waals surface area contributed by atoms with Gasteiger partial charge >= 0.3 is 0 Å². The minimum Gasteiger partial charge on any atom is -0.374 e. The number of carbonyl (C=O) groups is 1. The van der Waals surface area contributed by atoms with Crippen molar-refractivity contribution in [2.24, 2.45) is 5.92 Å². The molecule has 23 heavy (non-hydrogen) atoms. The van der Waals surface area contributed by atoms with Crippen LogP contribution in [0.4, 0.5) is 0 Å². The van der Waals surface area contributed by atoms with Crippen LogP contribution in [-0.2, 0) is 9.53 Å². The fourth-order valence-electron chi connectivity index (χ4n) is 4.96. The minimum absolute atomic E-state index is 0.0938. The van der Waals surface area contributed by atoms with E-state index in [1.807, 2.05) is 0 Å². The Labute approximate surface area is 139 Å². The molecule has 4 heterocycles. The molecule has 5 heteroatoms. The van der Waals surface area contributed by atoms with E-state index in [4.69, 9.17) is 4.74 Å². The van der Waals surface area contributed by atoms with Gasteiger partial charge in [-0.2, -0.15) is 0 Å². The Kier molecular flexibility index (Phi) is 4.88. The van der Waals surface area contributed by atoms with Gasteiger partial charge < -0.3 is 9.64 Å². The van der Waals surface area contributed by atoms with Gasteiger partial charge in [0.2, 0.25) is 5.91 Å². The fraction of sp³-hybridized carbons (Fsp3) is 0.944. The van der Waals surface area contributed by atoms with Crippen LogP contribution in [0.1, 0.15) is 38.5 Å². The van der Waals surface area contributed by atoms with Crippen LogP contribution in [0, 0.1) is 5.92 Å². The molecule has 5 fully saturated rings. The average Bonchev–Trinajstić information content (AvgIpc) is 2.98. The molecule has 0 N–H and O–H groups in total. The van der Waals surface area contributed by atoms with Gasteiger partial charge in [-0.1, -0.05) is 19.3 Å². The number of rotatable bonds is 2. The summed E-state index contributed by atoms with van der Waals surface area (Å²) in [6.07, 6.45) is 8.11. The zero-order valence-electron chi connectivity index (χ0n) is 14.3. The van der Waals surface area contributed by atoms with Gasteiger partial charge in [0.05, 0.1) is 12.7 Å². The number of hydrogen-bond donors (Lipinski definition) is 0. The number of ether oxygens (including phenoxy) is 1. The van der Waals surface area contributed by atoms with E-state index in [1.54, 1.807) is 0 Å². The predicted octanol–water partition coefficient (Wildman–Crippen LogP) is 1.18. The van der Waals surface area contributed by atoms with Crippen molar-refractivity contribution in [2.45, 2.75) is 50.7 Å². The third kappa shape index (κ3) is 3.42. The summed E-state index contributed by atoms with van der Waals surface area (Å²) in [5.74, 6) is 1.04. The maximum Gasteiger partial charge on any atom is 0.241 e. The highest BCUT2D eigenvalue weighted by atomic mass is 16.5. The molecule has 4 atom stereocenters. The maximum atomic E-state index is 13.1. The van der Waals surface area contributed by atoms with Crippen LogP contribution < -0.4 is 0 Å². The van der Waals surface area contributed by atoms with E-state index in [1.165, 1.54) is 38.5 Å². The smallest absolute Gasteiger partial charge is 0.241 e. The summed E-state index contributed by atoms with van der Waals surface area (Å²) in [6.45, 7) is 7.72. The first kappa shape index (κ1) is 15.9. The SMILES string of the molecule is O=C([C@H]1CN2CCCN1CC2)N1CCO[C@H](C2CCCCC2)C1. The van der Waals surface area contributed by atoms with E-state index in [0.717, 1.165) is 52.4 Å². The van der Waals surface area contributed by atoms with E-state index in [0.29, 0.717) is 11.8 Å². The molecule has 1 amide bonds. The molecule has 5 rings (SSSR count). The highest BCUT2D eigenvalue weighted by Crippen LogP contribution is 2.30. The first-order valence-electron chi connectivity index (χ1n) is 9.68. The number of morpholine rings is 1. The van der Waals surface area contributed by atoms with Gasteiger partial charge in [-0.25, -0.2) is 0 Å². The first-order valence-corrected chi connectivity index (χ1v) is 9.68. The van der Waals surface area contributed by atoms with Crippen molar-refractivity contribution >= 4 is 5.91 Å². The maximum absolute atomic E-state index is 13.1. The number of piperazine rings is 1. The summed E-state index contributed by atoms with van der Waals surface area (Å²) < 4.78 is 6.05. The van der Waals surface area contributed by atoms with E-state index in [9.17, 15) is 4.79 Å². The van der Waals surface area contributed by atoms with Gasteiger partial charge in [0.25, 0.3) is 0 Å². The summed E-state index contributed by atoms with van der Waals surface area (Å²) in [6, 6.07) is 0.0938. The summed E-state index contributed by atoms with van der Waals surface area (Å²) in [4.78, 5) is 20.2. The van der Waals surface area contributed by atoms with E-state index in [-0.39, 0.29) is 12.1 Å². The Morgan fingerprint density at radius 2 is 1.74 bits per heavy atom. The lowest BCUT2D eigenvalue weighted by molar-refractivity contribution is -0.148. The van der Waals surface area contributed by atoms with Gasteiger partial charge in [-0.05, 0) is 31.7 Å². The Morgan fingerprint density at radius 1 is 0.870 bits per heavy atom. The number of fused-ring (bicyclic) bond motifs is 4. The van der Waals surface area contributed by atoms with Crippen molar-refractivity contribution in [3.05, 3.63) is 0 Å². The van der Waals surface area contributed by atoms with E-state index >= 15 is 0 Å². The second-order valence-electron chi connectivity index (χ2n) is 7.80. The van der Waals surface area contributed by atoms with Crippen LogP contribution >= 0.6 is 0 Å². The summed E-state index contributed by atoms with van der Waals surface area (Å²) in [7, 11) is 0. The molecule has 4 saturated heterocycles. The Bertz CT molecular complexity index is 420. The molecule has 1 aliphatic carbocycles. The van der Waals surface area contributed by atoms with Crippen LogP contribution in [-0.4, -0.2) is 85.2 Å². The number of carbonyl (C=O) groups excluding carboxylic acids is 1. The Balaban J connectivity index is 1.39. The quantitative estimate of drug-likeness (QED) is 0.765. The van der Waals surface area contributed by atoms with E-state index in [2.05, 4.69) is 14.7 Å². The molecule has 5 aliphatic rings. The first-order chi connectivity index (χ1) is 11.3. The monoisotopic (exact) mass is 321 g/mol. The van der Waals surface area contributed by atoms with E-state index < -0.39 is 0 Å². The van der Waals surface area contributed by atoms with Gasteiger partial charge in [0.15, 0.2) is 0 Å². The van der Waals surface area contributed by atoms with Crippen molar-refractivity contribution < 1.29 is 9.53 Å². The minimum atomic E-state index is 0.0938. The number of hydrogen-bond acceptors (Lipinski definition) is 4. The lowest BCUT2D eigenvalue weighted by Gasteiger charge is -2.43.